The molecule has 0 unspecified atom stereocenters. The molecule has 0 spiro atoms. The Morgan fingerprint density at radius 1 is 1.43 bits per heavy atom. The number of aryl methyl sites for hydroxylation is 1. The second-order valence-corrected chi connectivity index (χ2v) is 7.14. The molecule has 28 heavy (non-hydrogen) atoms. The average molecular weight is 384 g/mol. The van der Waals surface area contributed by atoms with Crippen molar-refractivity contribution >= 4 is 17.5 Å². The molecular formula is C19H24N6O3. The first-order valence-corrected chi connectivity index (χ1v) is 9.41. The highest BCUT2D eigenvalue weighted by molar-refractivity contribution is 5.93. The Balaban J connectivity index is 1.48. The number of rotatable bonds is 4. The van der Waals surface area contributed by atoms with Gasteiger partial charge in [0.15, 0.2) is 0 Å². The molecule has 2 N–H and O–H groups in total. The van der Waals surface area contributed by atoms with Gasteiger partial charge in [-0.1, -0.05) is 0 Å². The molecule has 2 aromatic heterocycles. The number of nitrogens with zero attached hydrogens (tertiary/aromatic N) is 4. The molecule has 2 fully saturated rings. The summed E-state index contributed by atoms with van der Waals surface area (Å²) in [5, 5.41) is 10.1. The first-order valence-electron chi connectivity index (χ1n) is 9.41. The van der Waals surface area contributed by atoms with E-state index in [9.17, 15) is 9.59 Å². The Morgan fingerprint density at radius 3 is 3.04 bits per heavy atom. The number of amides is 2. The molecule has 0 aliphatic carbocycles. The summed E-state index contributed by atoms with van der Waals surface area (Å²) in [6, 6.07) is 3.41. The number of anilines is 1. The summed E-state index contributed by atoms with van der Waals surface area (Å²) in [4.78, 5) is 30.6. The van der Waals surface area contributed by atoms with Crippen LogP contribution in [0, 0.1) is 6.92 Å². The van der Waals surface area contributed by atoms with Gasteiger partial charge in [0.05, 0.1) is 18.8 Å². The third-order valence-corrected chi connectivity index (χ3v) is 5.37. The molecule has 148 valence electrons. The van der Waals surface area contributed by atoms with Crippen molar-refractivity contribution in [3.8, 4) is 0 Å². The zero-order valence-electron chi connectivity index (χ0n) is 16.0. The van der Waals surface area contributed by atoms with Crippen LogP contribution in [-0.4, -0.2) is 58.9 Å². The highest BCUT2D eigenvalue weighted by atomic mass is 16.5. The zero-order valence-corrected chi connectivity index (χ0v) is 16.0. The van der Waals surface area contributed by atoms with Gasteiger partial charge in [-0.25, -0.2) is 0 Å². The number of pyridine rings is 1. The van der Waals surface area contributed by atoms with Crippen LogP contribution in [0.2, 0.25) is 0 Å². The van der Waals surface area contributed by atoms with Crippen LogP contribution in [0.1, 0.15) is 34.3 Å². The van der Waals surface area contributed by atoms with Crippen molar-refractivity contribution in [1.82, 2.24) is 25.4 Å². The lowest BCUT2D eigenvalue weighted by Gasteiger charge is -2.28. The number of nitrogens with one attached hydrogen (secondary N) is 2. The molecule has 2 saturated heterocycles. The van der Waals surface area contributed by atoms with E-state index < -0.39 is 0 Å². The number of aromatic nitrogens is 3. The summed E-state index contributed by atoms with van der Waals surface area (Å²) in [5.74, 6) is -0.266. The number of ether oxygens (including phenoxy) is 1. The monoisotopic (exact) mass is 384 g/mol. The van der Waals surface area contributed by atoms with Crippen molar-refractivity contribution in [2.24, 2.45) is 7.05 Å². The Bertz CT molecular complexity index is 896. The first kappa shape index (κ1) is 18.4. The maximum absolute atomic E-state index is 12.8. The molecule has 9 heteroatoms. The number of piperazine rings is 1. The number of hydrogen-bond acceptors (Lipinski definition) is 6. The van der Waals surface area contributed by atoms with E-state index >= 15 is 0 Å². The van der Waals surface area contributed by atoms with Gasteiger partial charge in [0.25, 0.3) is 5.91 Å². The van der Waals surface area contributed by atoms with Crippen LogP contribution >= 0.6 is 0 Å². The third-order valence-electron chi connectivity index (χ3n) is 5.37. The van der Waals surface area contributed by atoms with Crippen molar-refractivity contribution in [3.05, 3.63) is 41.5 Å². The normalized spacial score (nSPS) is 22.2. The van der Waals surface area contributed by atoms with E-state index in [4.69, 9.17) is 4.74 Å². The van der Waals surface area contributed by atoms with Crippen LogP contribution in [0.25, 0.3) is 0 Å². The molecule has 0 bridgehead atoms. The van der Waals surface area contributed by atoms with E-state index in [1.807, 2.05) is 24.9 Å². The van der Waals surface area contributed by atoms with Crippen molar-refractivity contribution in [3.63, 3.8) is 0 Å². The van der Waals surface area contributed by atoms with E-state index in [0.717, 1.165) is 23.4 Å². The molecule has 2 aliphatic rings. The Kier molecular flexibility index (Phi) is 4.99. The quantitative estimate of drug-likeness (QED) is 0.787. The molecule has 2 aliphatic heterocycles. The second kappa shape index (κ2) is 7.59. The zero-order chi connectivity index (χ0) is 19.7. The van der Waals surface area contributed by atoms with E-state index in [-0.39, 0.29) is 30.5 Å². The highest BCUT2D eigenvalue weighted by Gasteiger charge is 2.33. The fraction of sp³-hybridized carbons (Fsp3) is 0.474. The minimum absolute atomic E-state index is 0.0214. The molecule has 2 atom stereocenters. The van der Waals surface area contributed by atoms with Gasteiger partial charge in [-0.2, -0.15) is 5.10 Å². The van der Waals surface area contributed by atoms with Crippen LogP contribution in [0.3, 0.4) is 0 Å². The maximum Gasteiger partial charge on any atom is 0.270 e. The summed E-state index contributed by atoms with van der Waals surface area (Å²) in [7, 11) is 1.89. The number of carbonyl (C=O) groups is 2. The molecule has 9 nitrogen and oxygen atoms in total. The van der Waals surface area contributed by atoms with Gasteiger partial charge in [-0.3, -0.25) is 19.3 Å². The Morgan fingerprint density at radius 2 is 2.29 bits per heavy atom. The number of carbonyl (C=O) groups excluding carboxylic acids is 2. The van der Waals surface area contributed by atoms with Gasteiger partial charge >= 0.3 is 0 Å². The lowest BCUT2D eigenvalue weighted by molar-refractivity contribution is -0.120. The second-order valence-electron chi connectivity index (χ2n) is 7.14. The standard InChI is InChI=1S/C19H24N6O3/c1-12-14(10-22-24(12)2)18-15(4-8-28-18)23-19(27)16-9-13(3-5-20-16)25-7-6-21-17(26)11-25/h3,5,9-10,15,18H,4,6-8,11H2,1-2H3,(H,21,26)(H,23,27)/t15-,18+/m0/s1. The van der Waals surface area contributed by atoms with Crippen LogP contribution in [-0.2, 0) is 16.6 Å². The predicted octanol–water partition coefficient (Wildman–Crippen LogP) is 0.320. The van der Waals surface area contributed by atoms with Gasteiger partial charge in [-0.05, 0) is 25.5 Å². The van der Waals surface area contributed by atoms with Crippen LogP contribution in [0.4, 0.5) is 5.69 Å². The topological polar surface area (TPSA) is 101 Å². The Hall–Kier alpha value is -2.94. The summed E-state index contributed by atoms with van der Waals surface area (Å²) in [6.07, 6.45) is 3.91. The predicted molar refractivity (Wildman–Crippen MR) is 102 cm³/mol. The van der Waals surface area contributed by atoms with Crippen LogP contribution in [0.15, 0.2) is 24.5 Å². The SMILES string of the molecule is Cc1c([C@H]2OCC[C@@H]2NC(=O)c2cc(N3CCNC(=O)C3)ccn2)cnn1C. The van der Waals surface area contributed by atoms with Gasteiger partial charge < -0.3 is 20.3 Å². The van der Waals surface area contributed by atoms with Crippen molar-refractivity contribution < 1.29 is 14.3 Å². The minimum Gasteiger partial charge on any atom is -0.371 e. The lowest BCUT2D eigenvalue weighted by atomic mass is 10.0. The molecule has 4 heterocycles. The van der Waals surface area contributed by atoms with Crippen LogP contribution < -0.4 is 15.5 Å². The highest BCUT2D eigenvalue weighted by Crippen LogP contribution is 2.31. The fourth-order valence-electron chi connectivity index (χ4n) is 3.68. The van der Waals surface area contributed by atoms with E-state index in [2.05, 4.69) is 20.7 Å². The molecule has 2 amide bonds. The summed E-state index contributed by atoms with van der Waals surface area (Å²) >= 11 is 0. The van der Waals surface area contributed by atoms with Crippen LogP contribution in [0.5, 0.6) is 0 Å². The molecule has 4 rings (SSSR count). The molecular weight excluding hydrogens is 360 g/mol. The van der Waals surface area contributed by atoms with Gasteiger partial charge in [-0.15, -0.1) is 0 Å². The molecule has 0 aromatic carbocycles. The summed E-state index contributed by atoms with van der Waals surface area (Å²) in [5.41, 5.74) is 3.16. The van der Waals surface area contributed by atoms with Gasteiger partial charge in [0.2, 0.25) is 5.91 Å². The average Bonchev–Trinajstić information content (AvgIpc) is 3.28. The van der Waals surface area contributed by atoms with Crippen molar-refractivity contribution in [1.29, 1.82) is 0 Å². The molecule has 2 aromatic rings. The third kappa shape index (κ3) is 3.57. The largest absolute Gasteiger partial charge is 0.371 e. The smallest absolute Gasteiger partial charge is 0.270 e. The summed E-state index contributed by atoms with van der Waals surface area (Å²) < 4.78 is 7.67. The molecule has 0 radical (unpaired) electrons. The van der Waals surface area contributed by atoms with Gasteiger partial charge in [0.1, 0.15) is 11.8 Å². The first-order chi connectivity index (χ1) is 13.5. The lowest BCUT2D eigenvalue weighted by Crippen LogP contribution is -2.47. The maximum atomic E-state index is 12.8. The van der Waals surface area contributed by atoms with Crippen molar-refractivity contribution in [2.45, 2.75) is 25.5 Å². The summed E-state index contributed by atoms with van der Waals surface area (Å²) in [6.45, 7) is 4.15. The van der Waals surface area contributed by atoms with Crippen molar-refractivity contribution in [2.75, 3.05) is 31.1 Å². The van der Waals surface area contributed by atoms with Gasteiger partial charge in [0, 0.05) is 49.9 Å². The van der Waals surface area contributed by atoms with E-state index in [1.165, 1.54) is 0 Å². The molecule has 0 saturated carbocycles. The minimum atomic E-state index is -0.245. The van der Waals surface area contributed by atoms with E-state index in [1.54, 1.807) is 23.1 Å². The number of hydrogen-bond donors (Lipinski definition) is 2. The van der Waals surface area contributed by atoms with E-state index in [0.29, 0.717) is 25.4 Å². The fourth-order valence-corrected chi connectivity index (χ4v) is 3.68. The Labute approximate surface area is 163 Å².